The van der Waals surface area contributed by atoms with Crippen LogP contribution in [0.1, 0.15) is 0 Å². The van der Waals surface area contributed by atoms with Crippen LogP contribution >= 0.6 is 0 Å². The van der Waals surface area contributed by atoms with Gasteiger partial charge in [0.05, 0.1) is 16.9 Å². The van der Waals surface area contributed by atoms with Crippen LogP contribution in [0.3, 0.4) is 0 Å². The number of rotatable bonds is 3. The normalized spacial score (nSPS) is 11.2. The third kappa shape index (κ3) is 5.78. The summed E-state index contributed by atoms with van der Waals surface area (Å²) < 4.78 is 48.3. The fourth-order valence-corrected chi connectivity index (χ4v) is 2.41. The molecule has 22 heavy (non-hydrogen) atoms. The number of nitrogens with zero attached hydrogens (tertiary/aromatic N) is 2. The molecule has 0 aliphatic heterocycles. The molecule has 0 unspecified atom stereocenters. The standard InChI is InChI=1S/C7H9NO3S.C6H7NO2S/c1-11-7-4-3-6(5-8-7)12(2,9)10;1-10(8,9)6-3-2-4-7-5-6/h3-5H,1-2H3;2-5H,1H3. The first-order valence-electron chi connectivity index (χ1n) is 5.95. The second-order valence-electron chi connectivity index (χ2n) is 4.27. The molecule has 2 rings (SSSR count). The molecule has 0 aliphatic carbocycles. The average molecular weight is 344 g/mol. The third-order valence-corrected chi connectivity index (χ3v) is 4.60. The minimum absolute atomic E-state index is 0.198. The van der Waals surface area contributed by atoms with Crippen molar-refractivity contribution >= 4 is 19.7 Å². The molecule has 0 fully saturated rings. The summed E-state index contributed by atoms with van der Waals surface area (Å²) in [5.41, 5.74) is 0. The van der Waals surface area contributed by atoms with Crippen LogP contribution in [0.4, 0.5) is 0 Å². The SMILES string of the molecule is COc1ccc(S(C)(=O)=O)cn1.CS(=O)(=O)c1cccnc1. The van der Waals surface area contributed by atoms with E-state index >= 15 is 0 Å². The largest absolute Gasteiger partial charge is 0.481 e. The summed E-state index contributed by atoms with van der Waals surface area (Å²) >= 11 is 0. The van der Waals surface area contributed by atoms with Gasteiger partial charge < -0.3 is 4.74 Å². The minimum atomic E-state index is -3.15. The molecule has 0 bridgehead atoms. The quantitative estimate of drug-likeness (QED) is 0.817. The van der Waals surface area contributed by atoms with Gasteiger partial charge in [-0.1, -0.05) is 0 Å². The van der Waals surface area contributed by atoms with Gasteiger partial charge in [-0.2, -0.15) is 0 Å². The third-order valence-electron chi connectivity index (χ3n) is 2.41. The minimum Gasteiger partial charge on any atom is -0.481 e. The van der Waals surface area contributed by atoms with Crippen LogP contribution in [0.15, 0.2) is 52.6 Å². The molecule has 0 saturated carbocycles. The topological polar surface area (TPSA) is 103 Å². The zero-order valence-corrected chi connectivity index (χ0v) is 13.9. The number of hydrogen-bond donors (Lipinski definition) is 0. The summed E-state index contributed by atoms with van der Waals surface area (Å²) in [4.78, 5) is 7.89. The fourth-order valence-electron chi connectivity index (χ4n) is 1.27. The van der Waals surface area contributed by atoms with Crippen molar-refractivity contribution in [2.45, 2.75) is 9.79 Å². The fraction of sp³-hybridized carbons (Fsp3) is 0.231. The molecule has 0 aromatic carbocycles. The maximum atomic E-state index is 11.0. The summed E-state index contributed by atoms with van der Waals surface area (Å²) in [5.74, 6) is 0.405. The average Bonchev–Trinajstić information content (AvgIpc) is 2.47. The number of sulfone groups is 2. The van der Waals surface area contributed by atoms with Crippen molar-refractivity contribution in [3.8, 4) is 5.88 Å². The lowest BCUT2D eigenvalue weighted by molar-refractivity contribution is 0.397. The van der Waals surface area contributed by atoms with Gasteiger partial charge in [-0.15, -0.1) is 0 Å². The Morgan fingerprint density at radius 2 is 1.50 bits per heavy atom. The van der Waals surface area contributed by atoms with Gasteiger partial charge in [-0.3, -0.25) is 4.98 Å². The Bertz CT molecular complexity index is 801. The van der Waals surface area contributed by atoms with Crippen LogP contribution in [-0.2, 0) is 19.7 Å². The van der Waals surface area contributed by atoms with Crippen molar-refractivity contribution in [1.29, 1.82) is 0 Å². The van der Waals surface area contributed by atoms with E-state index in [4.69, 9.17) is 4.74 Å². The zero-order valence-electron chi connectivity index (χ0n) is 12.3. The number of methoxy groups -OCH3 is 1. The Morgan fingerprint density at radius 3 is 1.82 bits per heavy atom. The Balaban J connectivity index is 0.000000224. The van der Waals surface area contributed by atoms with Crippen LogP contribution in [0, 0.1) is 0 Å². The lowest BCUT2D eigenvalue weighted by Gasteiger charge is -1.99. The highest BCUT2D eigenvalue weighted by molar-refractivity contribution is 7.91. The van der Waals surface area contributed by atoms with Crippen LogP contribution in [0.5, 0.6) is 5.88 Å². The molecular weight excluding hydrogens is 328 g/mol. The Kier molecular flexibility index (Phi) is 6.01. The highest BCUT2D eigenvalue weighted by Gasteiger charge is 2.06. The van der Waals surface area contributed by atoms with Gasteiger partial charge in [0.1, 0.15) is 0 Å². The zero-order chi connectivity index (χ0) is 16.8. The Morgan fingerprint density at radius 1 is 0.909 bits per heavy atom. The summed E-state index contributed by atoms with van der Waals surface area (Å²) in [6.07, 6.45) is 6.43. The van der Waals surface area contributed by atoms with Gasteiger partial charge in [0.25, 0.3) is 0 Å². The molecular formula is C13H16N2O5S2. The molecule has 7 nitrogen and oxygen atoms in total. The van der Waals surface area contributed by atoms with Crippen molar-refractivity contribution in [2.75, 3.05) is 19.6 Å². The van der Waals surface area contributed by atoms with Crippen molar-refractivity contribution in [3.05, 3.63) is 42.9 Å². The molecule has 2 aromatic rings. The second kappa shape index (κ2) is 7.32. The summed E-state index contributed by atoms with van der Waals surface area (Å²) in [7, 11) is -4.74. The molecule has 0 radical (unpaired) electrons. The van der Waals surface area contributed by atoms with Crippen LogP contribution < -0.4 is 4.74 Å². The summed E-state index contributed by atoms with van der Waals surface area (Å²) in [6.45, 7) is 0. The van der Waals surface area contributed by atoms with E-state index in [1.165, 1.54) is 43.9 Å². The van der Waals surface area contributed by atoms with Gasteiger partial charge in [0.15, 0.2) is 19.7 Å². The monoisotopic (exact) mass is 344 g/mol. The highest BCUT2D eigenvalue weighted by atomic mass is 32.2. The summed E-state index contributed by atoms with van der Waals surface area (Å²) in [6, 6.07) is 6.08. The molecule has 0 aliphatic rings. The molecule has 0 spiro atoms. The molecule has 0 atom stereocenters. The van der Waals surface area contributed by atoms with Crippen LogP contribution in [0.2, 0.25) is 0 Å². The first kappa shape index (κ1) is 18.1. The number of ether oxygens (including phenoxy) is 1. The van der Waals surface area contributed by atoms with E-state index in [1.54, 1.807) is 6.07 Å². The summed E-state index contributed by atoms with van der Waals surface area (Å²) in [5, 5.41) is 0. The maximum absolute atomic E-state index is 11.0. The van der Waals surface area contributed by atoms with Crippen molar-refractivity contribution in [2.24, 2.45) is 0 Å². The van der Waals surface area contributed by atoms with Crippen LogP contribution in [-0.4, -0.2) is 46.4 Å². The van der Waals surface area contributed by atoms with Gasteiger partial charge in [0, 0.05) is 37.2 Å². The highest BCUT2D eigenvalue weighted by Crippen LogP contribution is 2.10. The lowest BCUT2D eigenvalue weighted by atomic mass is 10.5. The smallest absolute Gasteiger partial charge is 0.212 e. The Hall–Kier alpha value is -2.00. The van der Waals surface area contributed by atoms with Gasteiger partial charge >= 0.3 is 0 Å². The Labute approximate surface area is 129 Å². The molecule has 0 amide bonds. The number of aromatic nitrogens is 2. The van der Waals surface area contributed by atoms with E-state index in [9.17, 15) is 16.8 Å². The van der Waals surface area contributed by atoms with Crippen molar-refractivity contribution < 1.29 is 21.6 Å². The van der Waals surface area contributed by atoms with Gasteiger partial charge in [-0.25, -0.2) is 21.8 Å². The predicted molar refractivity (Wildman–Crippen MR) is 81.2 cm³/mol. The van der Waals surface area contributed by atoms with Crippen molar-refractivity contribution in [1.82, 2.24) is 9.97 Å². The van der Waals surface area contributed by atoms with Crippen LogP contribution in [0.25, 0.3) is 0 Å². The molecule has 120 valence electrons. The first-order chi connectivity index (χ1) is 10.1. The molecule has 0 saturated heterocycles. The molecule has 2 aromatic heterocycles. The van der Waals surface area contributed by atoms with E-state index in [0.29, 0.717) is 5.88 Å². The predicted octanol–water partition coefficient (Wildman–Crippen LogP) is 0.979. The molecule has 9 heteroatoms. The molecule has 2 heterocycles. The molecule has 0 N–H and O–H groups in total. The van der Waals surface area contributed by atoms with E-state index < -0.39 is 19.7 Å². The van der Waals surface area contributed by atoms with E-state index in [-0.39, 0.29) is 9.79 Å². The van der Waals surface area contributed by atoms with Gasteiger partial charge in [0.2, 0.25) is 5.88 Å². The first-order valence-corrected chi connectivity index (χ1v) is 9.73. The van der Waals surface area contributed by atoms with Gasteiger partial charge in [-0.05, 0) is 18.2 Å². The lowest BCUT2D eigenvalue weighted by Crippen LogP contribution is -1.98. The maximum Gasteiger partial charge on any atom is 0.212 e. The van der Waals surface area contributed by atoms with E-state index in [0.717, 1.165) is 12.5 Å². The number of hydrogen-bond acceptors (Lipinski definition) is 7. The number of pyridine rings is 2. The second-order valence-corrected chi connectivity index (χ2v) is 8.30. The van der Waals surface area contributed by atoms with E-state index in [2.05, 4.69) is 9.97 Å². The van der Waals surface area contributed by atoms with Crippen molar-refractivity contribution in [3.63, 3.8) is 0 Å². The van der Waals surface area contributed by atoms with E-state index in [1.807, 2.05) is 0 Å².